The lowest BCUT2D eigenvalue weighted by atomic mass is 10.0. The SMILES string of the molecule is CSC1CC2CCC(C1)N2C(=O)Cn1nnc2ccccc21. The van der Waals surface area contributed by atoms with Gasteiger partial charge in [0, 0.05) is 17.3 Å². The van der Waals surface area contributed by atoms with Crippen molar-refractivity contribution in [3.63, 3.8) is 0 Å². The molecule has 22 heavy (non-hydrogen) atoms. The van der Waals surface area contributed by atoms with Crippen LogP contribution in [-0.4, -0.2) is 49.4 Å². The molecule has 6 heteroatoms. The zero-order valence-electron chi connectivity index (χ0n) is 12.7. The van der Waals surface area contributed by atoms with Crippen LogP contribution in [0.5, 0.6) is 0 Å². The Morgan fingerprint density at radius 1 is 1.27 bits per heavy atom. The second kappa shape index (κ2) is 5.57. The fourth-order valence-corrected chi connectivity index (χ4v) is 4.80. The first-order valence-electron chi connectivity index (χ1n) is 7.88. The van der Waals surface area contributed by atoms with Gasteiger partial charge >= 0.3 is 0 Å². The lowest BCUT2D eigenvalue weighted by molar-refractivity contribution is -0.136. The average Bonchev–Trinajstić information content (AvgIpc) is 3.06. The third kappa shape index (κ3) is 2.29. The van der Waals surface area contributed by atoms with Crippen molar-refractivity contribution in [2.24, 2.45) is 0 Å². The summed E-state index contributed by atoms with van der Waals surface area (Å²) in [5.41, 5.74) is 1.78. The maximum absolute atomic E-state index is 12.8. The number of carbonyl (C=O) groups excluding carboxylic acids is 1. The molecule has 1 amide bonds. The van der Waals surface area contributed by atoms with Gasteiger partial charge in [0.15, 0.2) is 0 Å². The number of para-hydroxylation sites is 1. The highest BCUT2D eigenvalue weighted by Crippen LogP contribution is 2.39. The van der Waals surface area contributed by atoms with Gasteiger partial charge in [0.1, 0.15) is 12.1 Å². The summed E-state index contributed by atoms with van der Waals surface area (Å²) in [6, 6.07) is 8.65. The molecule has 2 bridgehead atoms. The van der Waals surface area contributed by atoms with Crippen LogP contribution in [0.4, 0.5) is 0 Å². The first-order valence-corrected chi connectivity index (χ1v) is 9.17. The van der Waals surface area contributed by atoms with E-state index < -0.39 is 0 Å². The lowest BCUT2D eigenvalue weighted by Gasteiger charge is -2.38. The monoisotopic (exact) mass is 316 g/mol. The maximum Gasteiger partial charge on any atom is 0.244 e. The predicted octanol–water partition coefficient (Wildman–Crippen LogP) is 2.32. The number of rotatable bonds is 3. The zero-order chi connectivity index (χ0) is 15.1. The first kappa shape index (κ1) is 14.1. The van der Waals surface area contributed by atoms with E-state index >= 15 is 0 Å². The molecular formula is C16H20N4OS. The van der Waals surface area contributed by atoms with Gasteiger partial charge < -0.3 is 4.90 Å². The van der Waals surface area contributed by atoms with E-state index in [2.05, 4.69) is 21.5 Å². The molecule has 2 aliphatic rings. The molecule has 2 unspecified atom stereocenters. The number of benzene rings is 1. The van der Waals surface area contributed by atoms with E-state index in [1.54, 1.807) is 4.68 Å². The van der Waals surface area contributed by atoms with Crippen molar-refractivity contribution in [2.75, 3.05) is 6.26 Å². The summed E-state index contributed by atoms with van der Waals surface area (Å²) < 4.78 is 1.73. The molecule has 0 saturated carbocycles. The minimum atomic E-state index is 0.197. The third-order valence-corrected chi connectivity index (χ3v) is 6.07. The molecule has 5 nitrogen and oxygen atoms in total. The summed E-state index contributed by atoms with van der Waals surface area (Å²) in [5.74, 6) is 0.197. The van der Waals surface area contributed by atoms with Gasteiger partial charge in [0.2, 0.25) is 5.91 Å². The van der Waals surface area contributed by atoms with Crippen LogP contribution < -0.4 is 0 Å². The molecular weight excluding hydrogens is 296 g/mol. The summed E-state index contributed by atoms with van der Waals surface area (Å²) in [7, 11) is 0. The molecule has 3 heterocycles. The average molecular weight is 316 g/mol. The summed E-state index contributed by atoms with van der Waals surface area (Å²) in [6.07, 6.45) is 6.78. The predicted molar refractivity (Wildman–Crippen MR) is 87.7 cm³/mol. The fraction of sp³-hybridized carbons (Fsp3) is 0.562. The van der Waals surface area contributed by atoms with Crippen LogP contribution in [0.1, 0.15) is 25.7 Å². The Morgan fingerprint density at radius 3 is 2.73 bits per heavy atom. The molecule has 0 aliphatic carbocycles. The molecule has 2 atom stereocenters. The largest absolute Gasteiger partial charge is 0.335 e. The van der Waals surface area contributed by atoms with Crippen LogP contribution in [-0.2, 0) is 11.3 Å². The standard InChI is InChI=1S/C16H20N4OS/c1-22-13-8-11-6-7-12(9-13)20(11)16(21)10-19-15-5-3-2-4-14(15)17-18-19/h2-5,11-13H,6-10H2,1H3. The normalized spacial score (nSPS) is 27.5. The molecule has 0 radical (unpaired) electrons. The van der Waals surface area contributed by atoms with Crippen molar-refractivity contribution in [1.82, 2.24) is 19.9 Å². The minimum absolute atomic E-state index is 0.197. The van der Waals surface area contributed by atoms with Gasteiger partial charge in [-0.25, -0.2) is 4.68 Å². The van der Waals surface area contributed by atoms with Gasteiger partial charge in [-0.15, -0.1) is 5.10 Å². The fourth-order valence-electron chi connectivity index (χ4n) is 3.97. The van der Waals surface area contributed by atoms with Crippen LogP contribution in [0.25, 0.3) is 11.0 Å². The Hall–Kier alpha value is -1.56. The van der Waals surface area contributed by atoms with E-state index in [9.17, 15) is 4.79 Å². The second-order valence-corrected chi connectivity index (χ2v) is 7.39. The third-order valence-electron chi connectivity index (χ3n) is 5.02. The number of carbonyl (C=O) groups is 1. The molecule has 2 aliphatic heterocycles. The molecule has 0 spiro atoms. The zero-order valence-corrected chi connectivity index (χ0v) is 13.5. The van der Waals surface area contributed by atoms with Crippen LogP contribution in [0, 0.1) is 0 Å². The summed E-state index contributed by atoms with van der Waals surface area (Å²) in [6.45, 7) is 0.303. The van der Waals surface area contributed by atoms with Crippen molar-refractivity contribution >= 4 is 28.7 Å². The Bertz CT molecular complexity index is 686. The van der Waals surface area contributed by atoms with Gasteiger partial charge in [-0.3, -0.25) is 4.79 Å². The van der Waals surface area contributed by atoms with Gasteiger partial charge in [-0.1, -0.05) is 17.3 Å². The number of fused-ring (bicyclic) bond motifs is 3. The van der Waals surface area contributed by atoms with Gasteiger partial charge in [-0.05, 0) is 44.1 Å². The molecule has 4 rings (SSSR count). The number of amides is 1. The Balaban J connectivity index is 1.53. The highest BCUT2D eigenvalue weighted by molar-refractivity contribution is 7.99. The number of thioether (sulfide) groups is 1. The molecule has 2 fully saturated rings. The molecule has 2 saturated heterocycles. The molecule has 2 aromatic rings. The van der Waals surface area contributed by atoms with Crippen molar-refractivity contribution in [1.29, 1.82) is 0 Å². The van der Waals surface area contributed by atoms with E-state index in [0.717, 1.165) is 36.7 Å². The Kier molecular flexibility index (Phi) is 3.56. The van der Waals surface area contributed by atoms with Crippen molar-refractivity contribution in [2.45, 2.75) is 49.6 Å². The number of hydrogen-bond acceptors (Lipinski definition) is 4. The van der Waals surface area contributed by atoms with E-state index in [4.69, 9.17) is 0 Å². The summed E-state index contributed by atoms with van der Waals surface area (Å²) in [5, 5.41) is 9.00. The van der Waals surface area contributed by atoms with Crippen LogP contribution in [0.2, 0.25) is 0 Å². The number of aromatic nitrogens is 3. The Morgan fingerprint density at radius 2 is 2.00 bits per heavy atom. The quantitative estimate of drug-likeness (QED) is 0.872. The maximum atomic E-state index is 12.8. The van der Waals surface area contributed by atoms with Crippen molar-refractivity contribution in [3.05, 3.63) is 24.3 Å². The van der Waals surface area contributed by atoms with E-state index in [1.165, 1.54) is 0 Å². The van der Waals surface area contributed by atoms with Crippen LogP contribution >= 0.6 is 11.8 Å². The molecule has 0 N–H and O–H groups in total. The summed E-state index contributed by atoms with van der Waals surface area (Å²) >= 11 is 1.95. The van der Waals surface area contributed by atoms with Crippen LogP contribution in [0.3, 0.4) is 0 Å². The first-order chi connectivity index (χ1) is 10.8. The Labute approximate surface area is 134 Å². The topological polar surface area (TPSA) is 51.0 Å². The van der Waals surface area contributed by atoms with Crippen LogP contribution in [0.15, 0.2) is 24.3 Å². The molecule has 116 valence electrons. The number of hydrogen-bond donors (Lipinski definition) is 0. The summed E-state index contributed by atoms with van der Waals surface area (Å²) in [4.78, 5) is 14.9. The highest BCUT2D eigenvalue weighted by Gasteiger charge is 2.42. The minimum Gasteiger partial charge on any atom is -0.335 e. The van der Waals surface area contributed by atoms with Gasteiger partial charge in [0.05, 0.1) is 5.52 Å². The van der Waals surface area contributed by atoms with Gasteiger partial charge in [-0.2, -0.15) is 11.8 Å². The molecule has 1 aromatic heterocycles. The smallest absolute Gasteiger partial charge is 0.244 e. The highest BCUT2D eigenvalue weighted by atomic mass is 32.2. The number of piperidine rings is 1. The van der Waals surface area contributed by atoms with E-state index in [-0.39, 0.29) is 5.91 Å². The second-order valence-electron chi connectivity index (χ2n) is 6.25. The lowest BCUT2D eigenvalue weighted by Crippen LogP contribution is -2.48. The van der Waals surface area contributed by atoms with E-state index in [0.29, 0.717) is 23.9 Å². The van der Waals surface area contributed by atoms with Crippen molar-refractivity contribution in [3.8, 4) is 0 Å². The van der Waals surface area contributed by atoms with Crippen molar-refractivity contribution < 1.29 is 4.79 Å². The van der Waals surface area contributed by atoms with Gasteiger partial charge in [0.25, 0.3) is 0 Å². The number of nitrogens with zero attached hydrogens (tertiary/aromatic N) is 4. The van der Waals surface area contributed by atoms with E-state index in [1.807, 2.05) is 36.0 Å². The molecule has 1 aromatic carbocycles.